The summed E-state index contributed by atoms with van der Waals surface area (Å²) in [4.78, 5) is 23.1. The van der Waals surface area contributed by atoms with Crippen LogP contribution in [0, 0.1) is 12.3 Å². The fourth-order valence-corrected chi connectivity index (χ4v) is 2.89. The van der Waals surface area contributed by atoms with E-state index in [9.17, 15) is 9.59 Å². The van der Waals surface area contributed by atoms with Gasteiger partial charge in [0.15, 0.2) is 24.8 Å². The van der Waals surface area contributed by atoms with Gasteiger partial charge in [0, 0.05) is 13.8 Å². The van der Waals surface area contributed by atoms with Crippen molar-refractivity contribution in [2.24, 2.45) is 0 Å². The molecule has 0 radical (unpaired) electrons. The van der Waals surface area contributed by atoms with Crippen LogP contribution in [0.5, 0.6) is 0 Å². The number of hydrogen-bond acceptors (Lipinski definition) is 8. The average molecular weight is 356 g/mol. The third kappa shape index (κ3) is 5.16. The molecule has 2 saturated heterocycles. The molecule has 0 aromatic heterocycles. The highest BCUT2D eigenvalue weighted by Crippen LogP contribution is 2.33. The Morgan fingerprint density at radius 2 is 1.84 bits per heavy atom. The zero-order valence-corrected chi connectivity index (χ0v) is 14.6. The first-order chi connectivity index (χ1) is 12.0. The summed E-state index contributed by atoms with van der Waals surface area (Å²) < 4.78 is 33.5. The lowest BCUT2D eigenvalue weighted by atomic mass is 9.97. The van der Waals surface area contributed by atoms with Crippen LogP contribution in [0.15, 0.2) is 0 Å². The van der Waals surface area contributed by atoms with Gasteiger partial charge in [-0.1, -0.05) is 19.3 Å². The van der Waals surface area contributed by atoms with Gasteiger partial charge in [0.05, 0.1) is 6.61 Å². The number of carbonyl (C=O) groups excluding carboxylic acids is 2. The molecular weight excluding hydrogens is 332 g/mol. The molecule has 140 valence electrons. The van der Waals surface area contributed by atoms with Gasteiger partial charge in [0.1, 0.15) is 18.8 Å². The molecule has 1 unspecified atom stereocenters. The van der Waals surface area contributed by atoms with Crippen LogP contribution in [0.1, 0.15) is 33.6 Å². The number of hydrogen-bond donors (Lipinski definition) is 0. The molecule has 8 heteroatoms. The molecule has 25 heavy (non-hydrogen) atoms. The van der Waals surface area contributed by atoms with Gasteiger partial charge >= 0.3 is 11.9 Å². The second kappa shape index (κ2) is 9.15. The molecule has 0 aromatic carbocycles. The van der Waals surface area contributed by atoms with Crippen LogP contribution >= 0.6 is 0 Å². The molecule has 0 spiro atoms. The predicted molar refractivity (Wildman–Crippen MR) is 84.1 cm³/mol. The second-order valence-corrected chi connectivity index (χ2v) is 5.86. The first-order valence-corrected chi connectivity index (χ1v) is 8.28. The minimum atomic E-state index is -0.989. The molecule has 0 N–H and O–H groups in total. The molecule has 2 fully saturated rings. The van der Waals surface area contributed by atoms with Crippen LogP contribution in [-0.4, -0.2) is 62.1 Å². The van der Waals surface area contributed by atoms with E-state index in [2.05, 4.69) is 5.92 Å². The highest BCUT2D eigenvalue weighted by molar-refractivity contribution is 5.67. The van der Waals surface area contributed by atoms with E-state index in [0.29, 0.717) is 6.42 Å². The Bertz CT molecular complexity index is 513. The van der Waals surface area contributed by atoms with Crippen molar-refractivity contribution in [1.29, 1.82) is 0 Å². The summed E-state index contributed by atoms with van der Waals surface area (Å²) in [5, 5.41) is 0. The standard InChI is InChI=1S/C17H24O8/c1-5-7-13-21-9-12-14(25-13)15(22-10(3)18)16(23-11(4)19)17(24-12)20-8-6-2/h2,12-17H,5,7-9H2,1,3-4H3/t12-,13?,14-,15+,16-,17-/m1/s1. The SMILES string of the molecule is C#CCO[C@@H]1O[C@@H]2COC(CCC)O[C@H]2[C@H](OC(C)=O)[C@H]1OC(C)=O. The Morgan fingerprint density at radius 3 is 2.44 bits per heavy atom. The molecule has 0 aromatic rings. The van der Waals surface area contributed by atoms with Gasteiger partial charge < -0.3 is 28.4 Å². The van der Waals surface area contributed by atoms with Crippen molar-refractivity contribution in [2.75, 3.05) is 13.2 Å². The quantitative estimate of drug-likeness (QED) is 0.509. The number of fused-ring (bicyclic) bond motifs is 1. The van der Waals surface area contributed by atoms with Crippen molar-refractivity contribution < 1.29 is 38.0 Å². The summed E-state index contributed by atoms with van der Waals surface area (Å²) in [5.74, 6) is 1.24. The van der Waals surface area contributed by atoms with E-state index >= 15 is 0 Å². The fraction of sp³-hybridized carbons (Fsp3) is 0.765. The topological polar surface area (TPSA) is 89.5 Å². The largest absolute Gasteiger partial charge is 0.455 e. The first-order valence-electron chi connectivity index (χ1n) is 8.28. The molecule has 0 aliphatic carbocycles. The molecule has 2 aliphatic rings. The van der Waals surface area contributed by atoms with Gasteiger partial charge in [-0.15, -0.1) is 6.42 Å². The maximum absolute atomic E-state index is 11.6. The lowest BCUT2D eigenvalue weighted by molar-refractivity contribution is -0.359. The van der Waals surface area contributed by atoms with Crippen LogP contribution < -0.4 is 0 Å². The van der Waals surface area contributed by atoms with Crippen LogP contribution in [0.4, 0.5) is 0 Å². The summed E-state index contributed by atoms with van der Waals surface area (Å²) in [6, 6.07) is 0. The van der Waals surface area contributed by atoms with Gasteiger partial charge in [0.2, 0.25) is 0 Å². The van der Waals surface area contributed by atoms with E-state index in [-0.39, 0.29) is 13.2 Å². The minimum absolute atomic E-state index is 0.0488. The number of terminal acetylenes is 1. The maximum atomic E-state index is 11.6. The molecule has 0 saturated carbocycles. The van der Waals surface area contributed by atoms with Crippen molar-refractivity contribution in [3.8, 4) is 12.3 Å². The number of ether oxygens (including phenoxy) is 6. The van der Waals surface area contributed by atoms with E-state index in [1.54, 1.807) is 0 Å². The fourth-order valence-electron chi connectivity index (χ4n) is 2.89. The van der Waals surface area contributed by atoms with Gasteiger partial charge in [0.25, 0.3) is 0 Å². The summed E-state index contributed by atoms with van der Waals surface area (Å²) in [7, 11) is 0. The molecule has 2 heterocycles. The predicted octanol–water partition coefficient (Wildman–Crippen LogP) is 0.766. The van der Waals surface area contributed by atoms with Crippen molar-refractivity contribution in [1.82, 2.24) is 0 Å². The number of carbonyl (C=O) groups is 2. The Labute approximate surface area is 147 Å². The lowest BCUT2D eigenvalue weighted by Gasteiger charge is -2.47. The van der Waals surface area contributed by atoms with Crippen LogP contribution in [0.2, 0.25) is 0 Å². The Hall–Kier alpha value is -1.66. The van der Waals surface area contributed by atoms with E-state index in [4.69, 9.17) is 34.8 Å². The minimum Gasteiger partial charge on any atom is -0.455 e. The zero-order valence-electron chi connectivity index (χ0n) is 14.6. The van der Waals surface area contributed by atoms with Crippen LogP contribution in [0.25, 0.3) is 0 Å². The highest BCUT2D eigenvalue weighted by Gasteiger charge is 2.53. The second-order valence-electron chi connectivity index (χ2n) is 5.86. The third-order valence-corrected chi connectivity index (χ3v) is 3.81. The van der Waals surface area contributed by atoms with Gasteiger partial charge in [-0.25, -0.2) is 0 Å². The Balaban J connectivity index is 2.24. The normalized spacial score (nSPS) is 34.5. The van der Waals surface area contributed by atoms with E-state index in [1.807, 2.05) is 6.92 Å². The van der Waals surface area contributed by atoms with Crippen molar-refractivity contribution >= 4 is 11.9 Å². The average Bonchev–Trinajstić information content (AvgIpc) is 2.55. The van der Waals surface area contributed by atoms with E-state index < -0.39 is 48.9 Å². The monoisotopic (exact) mass is 356 g/mol. The summed E-state index contributed by atoms with van der Waals surface area (Å²) in [6.07, 6.45) is 2.30. The summed E-state index contributed by atoms with van der Waals surface area (Å²) >= 11 is 0. The molecule has 0 bridgehead atoms. The smallest absolute Gasteiger partial charge is 0.303 e. The third-order valence-electron chi connectivity index (χ3n) is 3.81. The Kier molecular flexibility index (Phi) is 7.20. The van der Waals surface area contributed by atoms with Crippen LogP contribution in [0.3, 0.4) is 0 Å². The summed E-state index contributed by atoms with van der Waals surface area (Å²) in [5.41, 5.74) is 0. The van der Waals surface area contributed by atoms with Crippen molar-refractivity contribution in [2.45, 2.75) is 70.6 Å². The van der Waals surface area contributed by atoms with E-state index in [0.717, 1.165) is 6.42 Å². The van der Waals surface area contributed by atoms with Gasteiger partial charge in [-0.2, -0.15) is 0 Å². The summed E-state index contributed by atoms with van der Waals surface area (Å²) in [6.45, 7) is 4.73. The zero-order chi connectivity index (χ0) is 18.4. The van der Waals surface area contributed by atoms with Gasteiger partial charge in [-0.3, -0.25) is 9.59 Å². The van der Waals surface area contributed by atoms with Crippen molar-refractivity contribution in [3.05, 3.63) is 0 Å². The van der Waals surface area contributed by atoms with Crippen LogP contribution in [-0.2, 0) is 38.0 Å². The van der Waals surface area contributed by atoms with Gasteiger partial charge in [-0.05, 0) is 6.42 Å². The molecule has 6 atom stereocenters. The van der Waals surface area contributed by atoms with Crippen molar-refractivity contribution in [3.63, 3.8) is 0 Å². The highest BCUT2D eigenvalue weighted by atomic mass is 16.8. The lowest BCUT2D eigenvalue weighted by Crippen LogP contribution is -2.65. The molecule has 8 nitrogen and oxygen atoms in total. The molecule has 2 rings (SSSR count). The Morgan fingerprint density at radius 1 is 1.16 bits per heavy atom. The maximum Gasteiger partial charge on any atom is 0.303 e. The number of rotatable bonds is 6. The molecule has 0 amide bonds. The number of esters is 2. The molecular formula is C17H24O8. The van der Waals surface area contributed by atoms with E-state index in [1.165, 1.54) is 13.8 Å². The molecule has 2 aliphatic heterocycles. The first kappa shape index (κ1) is 19.7.